The fourth-order valence-corrected chi connectivity index (χ4v) is 2.92. The third kappa shape index (κ3) is 3.85. The summed E-state index contributed by atoms with van der Waals surface area (Å²) in [6.45, 7) is 5.54. The molecular weight excluding hydrogens is 308 g/mol. The smallest absolute Gasteiger partial charge is 0.268 e. The van der Waals surface area contributed by atoms with Crippen LogP contribution in [0, 0.1) is 16.7 Å². The molecule has 0 spiro atoms. The molecule has 0 radical (unpaired) electrons. The van der Waals surface area contributed by atoms with E-state index in [0.717, 1.165) is 5.56 Å². The molecule has 0 saturated heterocycles. The highest BCUT2D eigenvalue weighted by Crippen LogP contribution is 2.14. The number of Topliss-reactive ketones (excluding diaryl/α,β-unsaturated/α-hetero) is 1. The van der Waals surface area contributed by atoms with E-state index in [-0.39, 0.29) is 11.3 Å². The van der Waals surface area contributed by atoms with E-state index in [1.54, 1.807) is 31.3 Å². The van der Waals surface area contributed by atoms with Gasteiger partial charge in [-0.3, -0.25) is 9.59 Å². The molecule has 4 nitrogen and oxygen atoms in total. The van der Waals surface area contributed by atoms with Crippen LogP contribution in [0.25, 0.3) is 12.2 Å². The molecule has 0 fully saturated rings. The minimum atomic E-state index is -0.481. The predicted molar refractivity (Wildman–Crippen MR) is 92.5 cm³/mol. The molecule has 2 rings (SSSR count). The Hall–Kier alpha value is -2.45. The number of thiazole rings is 1. The van der Waals surface area contributed by atoms with Crippen molar-refractivity contribution in [2.24, 2.45) is 12.5 Å². The Bertz CT molecular complexity index is 966. The molecule has 0 bridgehead atoms. The van der Waals surface area contributed by atoms with Crippen molar-refractivity contribution in [1.29, 1.82) is 5.26 Å². The molecule has 0 atom stereocenters. The van der Waals surface area contributed by atoms with E-state index < -0.39 is 5.41 Å². The van der Waals surface area contributed by atoms with Crippen molar-refractivity contribution in [3.63, 3.8) is 0 Å². The first-order valence-electron chi connectivity index (χ1n) is 7.16. The van der Waals surface area contributed by atoms with Crippen LogP contribution in [-0.4, -0.2) is 10.4 Å². The fourth-order valence-electron chi connectivity index (χ4n) is 1.89. The van der Waals surface area contributed by atoms with Gasteiger partial charge < -0.3 is 4.57 Å². The number of nitrogens with zero attached hydrogens (tertiary/aromatic N) is 2. The fraction of sp³-hybridized carbons (Fsp3) is 0.278. The van der Waals surface area contributed by atoms with Gasteiger partial charge in [0, 0.05) is 18.5 Å². The lowest BCUT2D eigenvalue weighted by Gasteiger charge is -2.12. The van der Waals surface area contributed by atoms with Crippen molar-refractivity contribution in [2.45, 2.75) is 20.8 Å². The van der Waals surface area contributed by atoms with Gasteiger partial charge in [-0.2, -0.15) is 5.26 Å². The number of carbonyl (C=O) groups excluding carboxylic acids is 1. The number of hydrogen-bond acceptors (Lipinski definition) is 4. The molecular formula is C18H18N2O2S. The van der Waals surface area contributed by atoms with Crippen LogP contribution in [0.2, 0.25) is 0 Å². The standard InChI is InChI=1S/C18H18N2O2S/c1-18(2,3)15(21)10-16-20(4)17(22)14(23-16)9-12-6-5-7-13(8-12)11-19/h5-10H,1-4H3/b14-9+,16-10+. The van der Waals surface area contributed by atoms with Crippen molar-refractivity contribution in [2.75, 3.05) is 0 Å². The Kier molecular flexibility index (Phi) is 4.67. The zero-order valence-corrected chi connectivity index (χ0v) is 14.4. The lowest BCUT2D eigenvalue weighted by Crippen LogP contribution is -2.30. The van der Waals surface area contributed by atoms with E-state index in [2.05, 4.69) is 6.07 Å². The average Bonchev–Trinajstić information content (AvgIpc) is 2.75. The first-order chi connectivity index (χ1) is 10.7. The van der Waals surface area contributed by atoms with Gasteiger partial charge in [0.15, 0.2) is 5.78 Å². The summed E-state index contributed by atoms with van der Waals surface area (Å²) in [4.78, 5) is 24.5. The molecule has 1 aromatic heterocycles. The lowest BCUT2D eigenvalue weighted by molar-refractivity contribution is -0.120. The van der Waals surface area contributed by atoms with Gasteiger partial charge in [-0.25, -0.2) is 0 Å². The van der Waals surface area contributed by atoms with Crippen LogP contribution in [0.4, 0.5) is 0 Å². The highest BCUT2D eigenvalue weighted by atomic mass is 32.1. The second-order valence-electron chi connectivity index (χ2n) is 6.31. The van der Waals surface area contributed by atoms with Crippen LogP contribution < -0.4 is 14.8 Å². The monoisotopic (exact) mass is 326 g/mol. The van der Waals surface area contributed by atoms with Crippen LogP contribution in [0.5, 0.6) is 0 Å². The second kappa shape index (κ2) is 6.35. The Morgan fingerprint density at radius 2 is 2.04 bits per heavy atom. The first-order valence-corrected chi connectivity index (χ1v) is 7.98. The minimum Gasteiger partial charge on any atom is -0.302 e. The molecule has 0 N–H and O–H groups in total. The van der Waals surface area contributed by atoms with Crippen molar-refractivity contribution in [1.82, 2.24) is 4.57 Å². The molecule has 5 heteroatoms. The molecule has 1 aromatic carbocycles. The van der Waals surface area contributed by atoms with Crippen LogP contribution in [-0.2, 0) is 11.8 Å². The van der Waals surface area contributed by atoms with Gasteiger partial charge in [0.05, 0.1) is 16.2 Å². The number of carbonyl (C=O) groups is 1. The largest absolute Gasteiger partial charge is 0.302 e. The maximum absolute atomic E-state index is 12.3. The van der Waals surface area contributed by atoms with E-state index in [4.69, 9.17) is 5.26 Å². The molecule has 23 heavy (non-hydrogen) atoms. The number of ketones is 1. The Morgan fingerprint density at radius 1 is 1.35 bits per heavy atom. The summed E-state index contributed by atoms with van der Waals surface area (Å²) in [7, 11) is 1.66. The maximum atomic E-state index is 12.3. The number of rotatable bonds is 2. The topological polar surface area (TPSA) is 62.9 Å². The van der Waals surface area contributed by atoms with Gasteiger partial charge in [0.2, 0.25) is 0 Å². The molecule has 118 valence electrons. The Morgan fingerprint density at radius 3 is 2.65 bits per heavy atom. The quantitative estimate of drug-likeness (QED) is 0.841. The first kappa shape index (κ1) is 16.9. The summed E-state index contributed by atoms with van der Waals surface area (Å²) in [6.07, 6.45) is 3.27. The number of benzene rings is 1. The van der Waals surface area contributed by atoms with Crippen LogP contribution in [0.15, 0.2) is 29.1 Å². The van der Waals surface area contributed by atoms with Gasteiger partial charge in [0.25, 0.3) is 5.56 Å². The minimum absolute atomic E-state index is 0.0209. The third-order valence-corrected chi connectivity index (χ3v) is 4.48. The van der Waals surface area contributed by atoms with Gasteiger partial charge in [-0.1, -0.05) is 32.9 Å². The second-order valence-corrected chi connectivity index (χ2v) is 7.37. The zero-order valence-electron chi connectivity index (χ0n) is 13.6. The summed E-state index contributed by atoms with van der Waals surface area (Å²) in [6, 6.07) is 9.13. The third-order valence-electron chi connectivity index (χ3n) is 3.37. The van der Waals surface area contributed by atoms with Gasteiger partial charge in [0.1, 0.15) is 4.66 Å². The van der Waals surface area contributed by atoms with E-state index in [1.165, 1.54) is 22.0 Å². The van der Waals surface area contributed by atoms with Crippen molar-refractivity contribution in [3.8, 4) is 6.07 Å². The normalized spacial score (nSPS) is 13.2. The van der Waals surface area contributed by atoms with E-state index >= 15 is 0 Å². The lowest BCUT2D eigenvalue weighted by atomic mass is 9.91. The number of aromatic nitrogens is 1. The molecule has 0 saturated carbocycles. The summed E-state index contributed by atoms with van der Waals surface area (Å²) >= 11 is 1.27. The molecule has 1 heterocycles. The van der Waals surface area contributed by atoms with Crippen LogP contribution >= 0.6 is 11.3 Å². The zero-order chi connectivity index (χ0) is 17.2. The molecule has 0 aliphatic rings. The van der Waals surface area contributed by atoms with E-state index in [0.29, 0.717) is 14.8 Å². The highest BCUT2D eigenvalue weighted by Gasteiger charge is 2.19. The average molecular weight is 326 g/mol. The Balaban J connectivity index is 2.59. The predicted octanol–water partition coefficient (Wildman–Crippen LogP) is 1.54. The molecule has 0 aliphatic carbocycles. The van der Waals surface area contributed by atoms with Crippen LogP contribution in [0.3, 0.4) is 0 Å². The Labute approximate surface area is 138 Å². The highest BCUT2D eigenvalue weighted by molar-refractivity contribution is 7.07. The summed E-state index contributed by atoms with van der Waals surface area (Å²) in [5.41, 5.74) is 0.703. The van der Waals surface area contributed by atoms with Gasteiger partial charge in [-0.05, 0) is 23.8 Å². The SMILES string of the molecule is Cn1c(=O)/c(=C\c2cccc(C#N)c2)s/c1=C/C(=O)C(C)(C)C. The summed E-state index contributed by atoms with van der Waals surface area (Å²) < 4.78 is 2.64. The van der Waals surface area contributed by atoms with Crippen molar-refractivity contribution < 1.29 is 4.79 Å². The van der Waals surface area contributed by atoms with Crippen LogP contribution in [0.1, 0.15) is 31.9 Å². The van der Waals surface area contributed by atoms with Gasteiger partial charge >= 0.3 is 0 Å². The van der Waals surface area contributed by atoms with E-state index in [1.807, 2.05) is 26.8 Å². The maximum Gasteiger partial charge on any atom is 0.268 e. The molecule has 2 aromatic rings. The molecule has 0 unspecified atom stereocenters. The number of hydrogen-bond donors (Lipinski definition) is 0. The summed E-state index contributed by atoms with van der Waals surface area (Å²) in [5.74, 6) is -0.0209. The van der Waals surface area contributed by atoms with Crippen molar-refractivity contribution >= 4 is 29.3 Å². The van der Waals surface area contributed by atoms with E-state index in [9.17, 15) is 9.59 Å². The van der Waals surface area contributed by atoms with Crippen molar-refractivity contribution in [3.05, 3.63) is 54.9 Å². The molecule has 0 amide bonds. The number of nitriles is 1. The molecule has 0 aliphatic heterocycles. The summed E-state index contributed by atoms with van der Waals surface area (Å²) in [5, 5.41) is 8.94. The van der Waals surface area contributed by atoms with Gasteiger partial charge in [-0.15, -0.1) is 11.3 Å².